The molecule has 2 atom stereocenters. The number of esters is 1. The molecule has 0 saturated heterocycles. The van der Waals surface area contributed by atoms with E-state index >= 15 is 0 Å². The number of nitrogens with one attached hydrogen (secondary N) is 1. The summed E-state index contributed by atoms with van der Waals surface area (Å²) in [6.45, 7) is 10.1. The predicted molar refractivity (Wildman–Crippen MR) is 99.8 cm³/mol. The number of carbonyl (C=O) groups is 2. The first kappa shape index (κ1) is 21.2. The number of hydrogen-bond acceptors (Lipinski definition) is 6. The smallest absolute Gasteiger partial charge is 0.408 e. The summed E-state index contributed by atoms with van der Waals surface area (Å²) in [5.41, 5.74) is -1.32. The molecule has 2 unspecified atom stereocenters. The van der Waals surface area contributed by atoms with E-state index < -0.39 is 37.8 Å². The summed E-state index contributed by atoms with van der Waals surface area (Å²) in [6, 6.07) is 6.26. The molecule has 1 aliphatic carbocycles. The molecule has 1 amide bonds. The van der Waals surface area contributed by atoms with Crippen LogP contribution < -0.4 is 5.32 Å². The molecule has 0 bridgehead atoms. The van der Waals surface area contributed by atoms with Gasteiger partial charge in [0.2, 0.25) is 9.84 Å². The molecular weight excluding hydrogens is 370 g/mol. The van der Waals surface area contributed by atoms with Gasteiger partial charge in [0, 0.05) is 6.42 Å². The van der Waals surface area contributed by atoms with Gasteiger partial charge in [0.25, 0.3) is 0 Å². The molecule has 0 spiro atoms. The average molecular weight is 397 g/mol. The zero-order valence-electron chi connectivity index (χ0n) is 16.6. The van der Waals surface area contributed by atoms with E-state index in [4.69, 9.17) is 9.47 Å². The van der Waals surface area contributed by atoms with Gasteiger partial charge in [-0.05, 0) is 53.7 Å². The van der Waals surface area contributed by atoms with E-state index in [1.165, 1.54) is 19.1 Å². The van der Waals surface area contributed by atoms with Crippen LogP contribution in [0.4, 0.5) is 4.79 Å². The van der Waals surface area contributed by atoms with Gasteiger partial charge >= 0.3 is 12.1 Å². The Morgan fingerprint density at radius 3 is 2.22 bits per heavy atom. The minimum atomic E-state index is -4.08. The second-order valence-corrected chi connectivity index (χ2v) is 10.2. The predicted octanol–water partition coefficient (Wildman–Crippen LogP) is 2.96. The monoisotopic (exact) mass is 397 g/mol. The molecule has 0 aliphatic heterocycles. The summed E-state index contributed by atoms with van der Waals surface area (Å²) in [6.07, 6.45) is -0.986. The average Bonchev–Trinajstić information content (AvgIpc) is 3.14. The van der Waals surface area contributed by atoms with Gasteiger partial charge in [-0.3, -0.25) is 4.79 Å². The number of ether oxygens (including phenoxy) is 2. The molecule has 2 rings (SSSR count). The lowest BCUT2D eigenvalue weighted by molar-refractivity contribution is -0.149. The topological polar surface area (TPSA) is 98.8 Å². The number of aryl methyl sites for hydroxylation is 1. The maximum Gasteiger partial charge on any atom is 0.408 e. The van der Waals surface area contributed by atoms with Gasteiger partial charge in [0.05, 0.1) is 11.5 Å². The van der Waals surface area contributed by atoms with Crippen molar-refractivity contribution >= 4 is 21.9 Å². The quantitative estimate of drug-likeness (QED) is 0.767. The highest BCUT2D eigenvalue weighted by atomic mass is 32.2. The van der Waals surface area contributed by atoms with Crippen LogP contribution in [0.15, 0.2) is 29.2 Å². The van der Waals surface area contributed by atoms with Crippen LogP contribution >= 0.6 is 0 Å². The lowest BCUT2D eigenvalue weighted by Crippen LogP contribution is -2.50. The lowest BCUT2D eigenvalue weighted by atomic mass is 10.1. The number of carbonyl (C=O) groups excluding carboxylic acids is 2. The van der Waals surface area contributed by atoms with Crippen molar-refractivity contribution in [1.29, 1.82) is 0 Å². The van der Waals surface area contributed by atoms with E-state index in [1.807, 2.05) is 6.92 Å². The molecule has 0 heterocycles. The van der Waals surface area contributed by atoms with Gasteiger partial charge in [0.1, 0.15) is 11.0 Å². The van der Waals surface area contributed by atoms with Crippen LogP contribution in [0.3, 0.4) is 0 Å². The molecule has 7 nitrogen and oxygen atoms in total. The van der Waals surface area contributed by atoms with Crippen LogP contribution in [0, 0.1) is 12.3 Å². The van der Waals surface area contributed by atoms with Crippen LogP contribution in [0.1, 0.15) is 46.6 Å². The summed E-state index contributed by atoms with van der Waals surface area (Å²) in [5, 5.41) is 2.46. The highest BCUT2D eigenvalue weighted by Gasteiger charge is 2.78. The van der Waals surface area contributed by atoms with E-state index in [1.54, 1.807) is 39.8 Å². The van der Waals surface area contributed by atoms with Gasteiger partial charge in [0.15, 0.2) is 4.87 Å². The fourth-order valence-electron chi connectivity index (χ4n) is 3.01. The SMILES string of the molecule is CCOC(=O)C1(C)CC1(NC(=O)OC(C)(C)C)S(=O)(=O)c1ccc(C)cc1. The van der Waals surface area contributed by atoms with E-state index in [0.717, 1.165) is 5.56 Å². The first-order chi connectivity index (χ1) is 12.3. The van der Waals surface area contributed by atoms with E-state index in [2.05, 4.69) is 5.32 Å². The second kappa shape index (κ2) is 6.82. The van der Waals surface area contributed by atoms with Crippen molar-refractivity contribution < 1.29 is 27.5 Å². The first-order valence-corrected chi connectivity index (χ1v) is 10.3. The van der Waals surface area contributed by atoms with Crippen molar-refractivity contribution in [2.45, 2.75) is 63.3 Å². The van der Waals surface area contributed by atoms with Crippen molar-refractivity contribution in [3.05, 3.63) is 29.8 Å². The molecule has 8 heteroatoms. The number of rotatable bonds is 5. The Morgan fingerprint density at radius 2 is 1.74 bits per heavy atom. The maximum absolute atomic E-state index is 13.4. The van der Waals surface area contributed by atoms with Crippen LogP contribution in [0.25, 0.3) is 0 Å². The molecule has 0 aromatic heterocycles. The Bertz CT molecular complexity index is 840. The van der Waals surface area contributed by atoms with Crippen LogP contribution in [0.2, 0.25) is 0 Å². The van der Waals surface area contributed by atoms with E-state index in [0.29, 0.717) is 0 Å². The third-order valence-corrected chi connectivity index (χ3v) is 7.09. The third-order valence-electron chi connectivity index (χ3n) is 4.59. The van der Waals surface area contributed by atoms with Gasteiger partial charge in [-0.25, -0.2) is 13.2 Å². The van der Waals surface area contributed by atoms with Crippen LogP contribution in [-0.4, -0.2) is 37.6 Å². The Kier molecular flexibility index (Phi) is 5.35. The van der Waals surface area contributed by atoms with E-state index in [9.17, 15) is 18.0 Å². The molecule has 0 radical (unpaired) electrons. The Hall–Kier alpha value is -2.09. The van der Waals surface area contributed by atoms with Crippen molar-refractivity contribution in [3.63, 3.8) is 0 Å². The summed E-state index contributed by atoms with van der Waals surface area (Å²) in [4.78, 5) is 23.0. The Balaban J connectivity index is 2.47. The van der Waals surface area contributed by atoms with Gasteiger partial charge < -0.3 is 14.8 Å². The number of benzene rings is 1. The fourth-order valence-corrected chi connectivity index (χ4v) is 5.28. The molecular formula is C19H27NO6S. The zero-order valence-corrected chi connectivity index (χ0v) is 17.4. The maximum atomic E-state index is 13.4. The highest BCUT2D eigenvalue weighted by Crippen LogP contribution is 2.61. The van der Waals surface area contributed by atoms with Crippen molar-refractivity contribution in [2.24, 2.45) is 5.41 Å². The molecule has 1 aromatic carbocycles. The molecule has 27 heavy (non-hydrogen) atoms. The summed E-state index contributed by atoms with van der Waals surface area (Å²) >= 11 is 0. The fraction of sp³-hybridized carbons (Fsp3) is 0.579. The van der Waals surface area contributed by atoms with Crippen LogP contribution in [0.5, 0.6) is 0 Å². The largest absolute Gasteiger partial charge is 0.465 e. The van der Waals surface area contributed by atoms with Crippen molar-refractivity contribution in [1.82, 2.24) is 5.32 Å². The third kappa shape index (κ3) is 3.81. The number of amides is 1. The number of sulfone groups is 1. The van der Waals surface area contributed by atoms with Crippen molar-refractivity contribution in [2.75, 3.05) is 6.61 Å². The second-order valence-electron chi connectivity index (χ2n) is 8.00. The van der Waals surface area contributed by atoms with Gasteiger partial charge in [-0.1, -0.05) is 17.7 Å². The van der Waals surface area contributed by atoms with Crippen LogP contribution in [-0.2, 0) is 24.1 Å². The minimum absolute atomic E-state index is 0.0252. The molecule has 1 fully saturated rings. The number of hydrogen-bond donors (Lipinski definition) is 1. The zero-order chi connectivity index (χ0) is 20.7. The normalized spacial score (nSPS) is 24.8. The molecule has 150 valence electrons. The summed E-state index contributed by atoms with van der Waals surface area (Å²) in [5.74, 6) is -0.670. The molecule has 1 saturated carbocycles. The lowest BCUT2D eigenvalue weighted by Gasteiger charge is -2.26. The standard InChI is InChI=1S/C19H27NO6S/c1-7-25-15(21)18(6)12-19(18,20-16(22)26-17(3,4)5)27(23,24)14-10-8-13(2)9-11-14/h8-11H,7,12H2,1-6H3,(H,20,22). The van der Waals surface area contributed by atoms with Crippen molar-refractivity contribution in [3.8, 4) is 0 Å². The summed E-state index contributed by atoms with van der Waals surface area (Å²) in [7, 11) is -4.08. The first-order valence-electron chi connectivity index (χ1n) is 8.79. The highest BCUT2D eigenvalue weighted by molar-refractivity contribution is 7.93. The Morgan fingerprint density at radius 1 is 1.19 bits per heavy atom. The van der Waals surface area contributed by atoms with E-state index in [-0.39, 0.29) is 17.9 Å². The van der Waals surface area contributed by atoms with Gasteiger partial charge in [-0.2, -0.15) is 0 Å². The minimum Gasteiger partial charge on any atom is -0.465 e. The number of alkyl carbamates (subject to hydrolysis) is 1. The summed E-state index contributed by atoms with van der Waals surface area (Å²) < 4.78 is 37.0. The molecule has 1 aliphatic rings. The molecule has 1 aromatic rings. The van der Waals surface area contributed by atoms with Gasteiger partial charge in [-0.15, -0.1) is 0 Å². The molecule has 1 N–H and O–H groups in total. The Labute approximate surface area is 160 Å².